The summed E-state index contributed by atoms with van der Waals surface area (Å²) in [7, 11) is 1.79. The summed E-state index contributed by atoms with van der Waals surface area (Å²) in [5, 5.41) is 18.0. The topological polar surface area (TPSA) is 69.4 Å². The van der Waals surface area contributed by atoms with Crippen molar-refractivity contribution < 1.29 is 14.6 Å². The average molecular weight is 326 g/mol. The standard InChI is InChI=1S/C12H12BrN3O3/c1-16-5-8(14-15-16)4-10(17)7-2-9(13)12-11(3-7)18-6-19-12/h2-3,5,10,17H,4,6H2,1H3. The van der Waals surface area contributed by atoms with Crippen LogP contribution in [0.3, 0.4) is 0 Å². The van der Waals surface area contributed by atoms with Gasteiger partial charge in [-0.3, -0.25) is 4.68 Å². The number of aliphatic hydroxyl groups is 1. The lowest BCUT2D eigenvalue weighted by Crippen LogP contribution is -2.02. The Labute approximate surface area is 118 Å². The SMILES string of the molecule is Cn1cc(CC(O)c2cc(Br)c3c(c2)OCO3)nn1. The van der Waals surface area contributed by atoms with E-state index in [1.165, 1.54) is 0 Å². The predicted molar refractivity (Wildman–Crippen MR) is 69.9 cm³/mol. The van der Waals surface area contributed by atoms with Crippen molar-refractivity contribution in [2.45, 2.75) is 12.5 Å². The fourth-order valence-electron chi connectivity index (χ4n) is 1.98. The van der Waals surface area contributed by atoms with E-state index in [-0.39, 0.29) is 6.79 Å². The van der Waals surface area contributed by atoms with Crippen LogP contribution in [0.5, 0.6) is 11.5 Å². The van der Waals surface area contributed by atoms with Gasteiger partial charge in [-0.15, -0.1) is 5.10 Å². The molecule has 0 saturated heterocycles. The lowest BCUT2D eigenvalue weighted by Gasteiger charge is -2.11. The first kappa shape index (κ1) is 12.4. The van der Waals surface area contributed by atoms with E-state index < -0.39 is 6.10 Å². The van der Waals surface area contributed by atoms with Crippen molar-refractivity contribution in [2.24, 2.45) is 7.05 Å². The van der Waals surface area contributed by atoms with Crippen molar-refractivity contribution in [3.63, 3.8) is 0 Å². The van der Waals surface area contributed by atoms with Crippen molar-refractivity contribution in [1.29, 1.82) is 0 Å². The summed E-state index contributed by atoms with van der Waals surface area (Å²) in [6, 6.07) is 3.61. The first-order valence-corrected chi connectivity index (χ1v) is 6.55. The van der Waals surface area contributed by atoms with Crippen molar-refractivity contribution in [3.8, 4) is 11.5 Å². The van der Waals surface area contributed by atoms with Gasteiger partial charge in [-0.2, -0.15) is 0 Å². The second-order valence-corrected chi connectivity index (χ2v) is 5.19. The van der Waals surface area contributed by atoms with Gasteiger partial charge in [0.25, 0.3) is 0 Å². The van der Waals surface area contributed by atoms with Crippen LogP contribution in [-0.2, 0) is 13.5 Å². The number of benzene rings is 1. The summed E-state index contributed by atoms with van der Waals surface area (Å²) < 4.78 is 13.0. The van der Waals surface area contributed by atoms with Crippen LogP contribution in [0.25, 0.3) is 0 Å². The molecule has 3 rings (SSSR count). The molecule has 0 saturated carbocycles. The zero-order valence-electron chi connectivity index (χ0n) is 10.2. The second kappa shape index (κ2) is 4.82. The molecule has 0 aliphatic carbocycles. The molecule has 1 unspecified atom stereocenters. The smallest absolute Gasteiger partial charge is 0.231 e. The Morgan fingerprint density at radius 2 is 2.32 bits per heavy atom. The third kappa shape index (κ3) is 2.43. The van der Waals surface area contributed by atoms with Gasteiger partial charge in [0.2, 0.25) is 6.79 Å². The van der Waals surface area contributed by atoms with Gasteiger partial charge in [0.1, 0.15) is 0 Å². The van der Waals surface area contributed by atoms with Crippen LogP contribution < -0.4 is 9.47 Å². The van der Waals surface area contributed by atoms with Crippen LogP contribution in [0, 0.1) is 0 Å². The number of rotatable bonds is 3. The summed E-state index contributed by atoms with van der Waals surface area (Å²) >= 11 is 3.41. The summed E-state index contributed by atoms with van der Waals surface area (Å²) in [6.45, 7) is 0.206. The van der Waals surface area contributed by atoms with Gasteiger partial charge in [-0.05, 0) is 33.6 Å². The molecule has 0 spiro atoms. The van der Waals surface area contributed by atoms with Crippen molar-refractivity contribution in [2.75, 3.05) is 6.79 Å². The molecule has 0 fully saturated rings. The van der Waals surface area contributed by atoms with Gasteiger partial charge in [0.05, 0.1) is 16.3 Å². The largest absolute Gasteiger partial charge is 0.454 e. The monoisotopic (exact) mass is 325 g/mol. The van der Waals surface area contributed by atoms with E-state index in [0.29, 0.717) is 17.9 Å². The highest BCUT2D eigenvalue weighted by Gasteiger charge is 2.21. The number of nitrogens with zero attached hydrogens (tertiary/aromatic N) is 3. The van der Waals surface area contributed by atoms with Crippen molar-refractivity contribution in [3.05, 3.63) is 34.1 Å². The van der Waals surface area contributed by atoms with Crippen LogP contribution in [0.1, 0.15) is 17.4 Å². The van der Waals surface area contributed by atoms with Gasteiger partial charge >= 0.3 is 0 Å². The molecule has 100 valence electrons. The fourth-order valence-corrected chi connectivity index (χ4v) is 2.56. The van der Waals surface area contributed by atoms with Gasteiger partial charge in [0, 0.05) is 19.7 Å². The Morgan fingerprint density at radius 1 is 1.47 bits per heavy atom. The lowest BCUT2D eigenvalue weighted by molar-refractivity contribution is 0.171. The Hall–Kier alpha value is -1.60. The maximum absolute atomic E-state index is 10.2. The van der Waals surface area contributed by atoms with E-state index in [4.69, 9.17) is 9.47 Å². The number of halogens is 1. The number of fused-ring (bicyclic) bond motifs is 1. The molecule has 2 aromatic rings. The Kier molecular flexibility index (Phi) is 3.16. The molecule has 6 nitrogen and oxygen atoms in total. The third-order valence-corrected chi connectivity index (χ3v) is 3.48. The van der Waals surface area contributed by atoms with Crippen LogP contribution in [0.4, 0.5) is 0 Å². The van der Waals surface area contributed by atoms with Crippen LogP contribution in [0.2, 0.25) is 0 Å². The maximum atomic E-state index is 10.2. The van der Waals surface area contributed by atoms with E-state index >= 15 is 0 Å². The number of aliphatic hydroxyl groups excluding tert-OH is 1. The number of aromatic nitrogens is 3. The summed E-state index contributed by atoms with van der Waals surface area (Å²) in [5.41, 5.74) is 1.49. The van der Waals surface area contributed by atoms with Crippen LogP contribution in [0.15, 0.2) is 22.8 Å². The lowest BCUT2D eigenvalue weighted by atomic mass is 10.0. The maximum Gasteiger partial charge on any atom is 0.231 e. The first-order chi connectivity index (χ1) is 9.13. The van der Waals surface area contributed by atoms with E-state index in [2.05, 4.69) is 26.2 Å². The zero-order chi connectivity index (χ0) is 13.4. The Bertz CT molecular complexity index is 614. The third-order valence-electron chi connectivity index (χ3n) is 2.89. The number of hydrogen-bond donors (Lipinski definition) is 1. The Morgan fingerprint density at radius 3 is 3.05 bits per heavy atom. The molecular weight excluding hydrogens is 314 g/mol. The molecule has 1 aliphatic heterocycles. The highest BCUT2D eigenvalue weighted by Crippen LogP contribution is 2.41. The average Bonchev–Trinajstić information content (AvgIpc) is 2.98. The van der Waals surface area contributed by atoms with E-state index in [0.717, 1.165) is 15.7 Å². The molecular formula is C12H12BrN3O3. The molecule has 19 heavy (non-hydrogen) atoms. The zero-order valence-corrected chi connectivity index (χ0v) is 11.8. The van der Waals surface area contributed by atoms with Crippen molar-refractivity contribution >= 4 is 15.9 Å². The quantitative estimate of drug-likeness (QED) is 0.927. The normalized spacial score (nSPS) is 14.7. The molecule has 0 bridgehead atoms. The minimum Gasteiger partial charge on any atom is -0.454 e. The fraction of sp³-hybridized carbons (Fsp3) is 0.333. The molecule has 1 aromatic heterocycles. The molecule has 1 atom stereocenters. The van der Waals surface area contributed by atoms with Gasteiger partial charge < -0.3 is 14.6 Å². The molecule has 1 N–H and O–H groups in total. The summed E-state index contributed by atoms with van der Waals surface area (Å²) in [5.74, 6) is 1.32. The minimum absolute atomic E-state index is 0.206. The number of aryl methyl sites for hydroxylation is 1. The molecule has 0 radical (unpaired) electrons. The van der Waals surface area contributed by atoms with E-state index in [1.54, 1.807) is 24.0 Å². The van der Waals surface area contributed by atoms with E-state index in [1.807, 2.05) is 6.07 Å². The van der Waals surface area contributed by atoms with Crippen LogP contribution in [-0.4, -0.2) is 26.9 Å². The molecule has 1 aromatic carbocycles. The highest BCUT2D eigenvalue weighted by atomic mass is 79.9. The molecule has 2 heterocycles. The Balaban J connectivity index is 1.84. The summed E-state index contributed by atoms with van der Waals surface area (Å²) in [4.78, 5) is 0. The van der Waals surface area contributed by atoms with Gasteiger partial charge in [0.15, 0.2) is 11.5 Å². The number of hydrogen-bond acceptors (Lipinski definition) is 5. The molecule has 1 aliphatic rings. The second-order valence-electron chi connectivity index (χ2n) is 4.34. The summed E-state index contributed by atoms with van der Waals surface area (Å²) in [6.07, 6.45) is 1.52. The molecule has 7 heteroatoms. The number of ether oxygens (including phenoxy) is 2. The first-order valence-electron chi connectivity index (χ1n) is 5.76. The predicted octanol–water partition coefficient (Wildman–Crippen LogP) is 1.58. The van der Waals surface area contributed by atoms with Crippen molar-refractivity contribution in [1.82, 2.24) is 15.0 Å². The van der Waals surface area contributed by atoms with Gasteiger partial charge in [-0.25, -0.2) is 0 Å². The van der Waals surface area contributed by atoms with Crippen LogP contribution >= 0.6 is 15.9 Å². The van der Waals surface area contributed by atoms with Gasteiger partial charge in [-0.1, -0.05) is 5.21 Å². The minimum atomic E-state index is -0.664. The highest BCUT2D eigenvalue weighted by molar-refractivity contribution is 9.10. The molecule has 0 amide bonds. The van der Waals surface area contributed by atoms with E-state index in [9.17, 15) is 5.11 Å².